The highest BCUT2D eigenvalue weighted by Crippen LogP contribution is 2.30. The Hall–Kier alpha value is -2.37. The Morgan fingerprint density at radius 1 is 1.40 bits per heavy atom. The number of carbonyl (C=O) groups excluding carboxylic acids is 2. The third-order valence-corrected chi connectivity index (χ3v) is 3.01. The first-order valence-corrected chi connectivity index (χ1v) is 6.28. The number of nitrogens with zero attached hydrogens (tertiary/aromatic N) is 1. The first-order valence-electron chi connectivity index (χ1n) is 6.28. The van der Waals surface area contributed by atoms with Crippen LogP contribution in [0.25, 0.3) is 10.9 Å². The minimum atomic E-state index is -0.993. The number of Topliss-reactive ketones (excluding diaryl/α,β-unsaturated/α-hetero) is 1. The minimum absolute atomic E-state index is 0.220. The minimum Gasteiger partial charge on any atom is -0.494 e. The molecule has 1 aromatic carbocycles. The Labute approximate surface area is 116 Å². The third-order valence-electron chi connectivity index (χ3n) is 3.01. The van der Waals surface area contributed by atoms with E-state index in [2.05, 4.69) is 10.2 Å². The molecule has 0 aliphatic carbocycles. The first-order chi connectivity index (χ1) is 9.60. The maximum Gasteiger partial charge on any atom is 0.322 e. The van der Waals surface area contributed by atoms with Gasteiger partial charge in [0.25, 0.3) is 0 Å². The molecule has 1 aromatic heterocycles. The number of aromatic nitrogens is 2. The summed E-state index contributed by atoms with van der Waals surface area (Å²) in [6, 6.07) is 5.33. The second-order valence-corrected chi connectivity index (χ2v) is 4.29. The number of fused-ring (bicyclic) bond motifs is 1. The number of carbonyl (C=O) groups is 2. The molecule has 1 heterocycles. The number of H-pyrrole nitrogens is 1. The zero-order valence-electron chi connectivity index (χ0n) is 11.6. The Kier molecular flexibility index (Phi) is 4.02. The SMILES string of the molecule is CCOC(=O)C(C(C)=O)c1[nH]nc2c(OC)cccc12. The molecule has 0 aliphatic heterocycles. The van der Waals surface area contributed by atoms with Crippen molar-refractivity contribution in [3.05, 3.63) is 23.9 Å². The van der Waals surface area contributed by atoms with Crippen LogP contribution >= 0.6 is 0 Å². The van der Waals surface area contributed by atoms with Gasteiger partial charge in [-0.15, -0.1) is 0 Å². The Balaban J connectivity index is 2.55. The summed E-state index contributed by atoms with van der Waals surface area (Å²) in [6.45, 7) is 3.27. The second kappa shape index (κ2) is 5.73. The van der Waals surface area contributed by atoms with Gasteiger partial charge in [-0.05, 0) is 19.9 Å². The molecular formula is C14H16N2O4. The van der Waals surface area contributed by atoms with E-state index in [4.69, 9.17) is 9.47 Å². The highest BCUT2D eigenvalue weighted by molar-refractivity contribution is 6.06. The Bertz CT molecular complexity index is 648. The van der Waals surface area contributed by atoms with Crippen molar-refractivity contribution in [2.45, 2.75) is 19.8 Å². The van der Waals surface area contributed by atoms with Crippen molar-refractivity contribution in [3.8, 4) is 5.75 Å². The molecule has 0 spiro atoms. The van der Waals surface area contributed by atoms with Gasteiger partial charge in [0.2, 0.25) is 0 Å². The molecule has 0 saturated carbocycles. The number of ketones is 1. The predicted octanol–water partition coefficient (Wildman–Crippen LogP) is 1.81. The van der Waals surface area contributed by atoms with Gasteiger partial charge < -0.3 is 9.47 Å². The zero-order valence-corrected chi connectivity index (χ0v) is 11.6. The summed E-state index contributed by atoms with van der Waals surface area (Å²) in [7, 11) is 1.54. The molecule has 0 bridgehead atoms. The van der Waals surface area contributed by atoms with Crippen LogP contribution in [0.4, 0.5) is 0 Å². The van der Waals surface area contributed by atoms with Gasteiger partial charge in [-0.2, -0.15) is 5.10 Å². The molecule has 20 heavy (non-hydrogen) atoms. The molecule has 6 nitrogen and oxygen atoms in total. The van der Waals surface area contributed by atoms with Crippen molar-refractivity contribution < 1.29 is 19.1 Å². The van der Waals surface area contributed by atoms with E-state index in [1.54, 1.807) is 25.1 Å². The van der Waals surface area contributed by atoms with Gasteiger partial charge in [0.05, 0.1) is 19.4 Å². The fourth-order valence-corrected chi connectivity index (χ4v) is 2.13. The van der Waals surface area contributed by atoms with Crippen LogP contribution in [0, 0.1) is 0 Å². The largest absolute Gasteiger partial charge is 0.494 e. The third kappa shape index (κ3) is 2.36. The van der Waals surface area contributed by atoms with Crippen molar-refractivity contribution in [2.75, 3.05) is 13.7 Å². The maximum atomic E-state index is 12.0. The second-order valence-electron chi connectivity index (χ2n) is 4.29. The van der Waals surface area contributed by atoms with Crippen molar-refractivity contribution >= 4 is 22.7 Å². The molecule has 2 aromatic rings. The van der Waals surface area contributed by atoms with Gasteiger partial charge in [0.1, 0.15) is 17.0 Å². The van der Waals surface area contributed by atoms with Crippen molar-refractivity contribution in [2.24, 2.45) is 0 Å². The highest BCUT2D eigenvalue weighted by Gasteiger charge is 2.30. The monoisotopic (exact) mass is 276 g/mol. The molecule has 1 N–H and O–H groups in total. The van der Waals surface area contributed by atoms with Crippen LogP contribution in [0.1, 0.15) is 25.5 Å². The van der Waals surface area contributed by atoms with Crippen LogP contribution in [0.3, 0.4) is 0 Å². The summed E-state index contributed by atoms with van der Waals surface area (Å²) >= 11 is 0. The molecule has 0 radical (unpaired) electrons. The zero-order chi connectivity index (χ0) is 14.7. The number of methoxy groups -OCH3 is 1. The number of benzene rings is 1. The van der Waals surface area contributed by atoms with E-state index in [-0.39, 0.29) is 12.4 Å². The lowest BCUT2D eigenvalue weighted by Gasteiger charge is -2.11. The quantitative estimate of drug-likeness (QED) is 0.665. The van der Waals surface area contributed by atoms with Crippen molar-refractivity contribution in [3.63, 3.8) is 0 Å². The maximum absolute atomic E-state index is 12.0. The van der Waals surface area contributed by atoms with Crippen molar-refractivity contribution in [1.29, 1.82) is 0 Å². The number of esters is 1. The number of aromatic amines is 1. The molecule has 106 valence electrons. The molecule has 1 atom stereocenters. The van der Waals surface area contributed by atoms with Crippen LogP contribution in [0.15, 0.2) is 18.2 Å². The Morgan fingerprint density at radius 3 is 2.75 bits per heavy atom. The van der Waals surface area contributed by atoms with Crippen LogP contribution < -0.4 is 4.74 Å². The summed E-state index contributed by atoms with van der Waals surface area (Å²) in [6.07, 6.45) is 0. The molecule has 0 saturated heterocycles. The summed E-state index contributed by atoms with van der Waals surface area (Å²) in [5.74, 6) is -1.28. The van der Waals surface area contributed by atoms with E-state index in [0.29, 0.717) is 22.3 Å². The number of para-hydroxylation sites is 1. The van der Waals surface area contributed by atoms with E-state index in [9.17, 15) is 9.59 Å². The molecule has 0 amide bonds. The molecule has 2 rings (SSSR count). The lowest BCUT2D eigenvalue weighted by molar-refractivity contribution is -0.147. The van der Waals surface area contributed by atoms with Gasteiger partial charge >= 0.3 is 5.97 Å². The number of hydrogen-bond acceptors (Lipinski definition) is 5. The van der Waals surface area contributed by atoms with Gasteiger partial charge in [-0.3, -0.25) is 14.7 Å². The van der Waals surface area contributed by atoms with Gasteiger partial charge in [0.15, 0.2) is 5.92 Å². The number of nitrogens with one attached hydrogen (secondary N) is 1. The van der Waals surface area contributed by atoms with Gasteiger partial charge in [-0.25, -0.2) is 0 Å². The number of hydrogen-bond donors (Lipinski definition) is 1. The van der Waals surface area contributed by atoms with E-state index < -0.39 is 11.9 Å². The van der Waals surface area contributed by atoms with Crippen molar-refractivity contribution in [1.82, 2.24) is 10.2 Å². The number of ether oxygens (including phenoxy) is 2. The fraction of sp³-hybridized carbons (Fsp3) is 0.357. The molecule has 1 unspecified atom stereocenters. The summed E-state index contributed by atoms with van der Waals surface area (Å²) < 4.78 is 10.2. The summed E-state index contributed by atoms with van der Waals surface area (Å²) in [4.78, 5) is 23.7. The van der Waals surface area contributed by atoms with Gasteiger partial charge in [0, 0.05) is 5.39 Å². The lowest BCUT2D eigenvalue weighted by atomic mass is 9.98. The molecule has 6 heteroatoms. The normalized spacial score (nSPS) is 12.2. The topological polar surface area (TPSA) is 81.3 Å². The van der Waals surface area contributed by atoms with E-state index in [1.807, 2.05) is 0 Å². The molecule has 0 fully saturated rings. The standard InChI is InChI=1S/C14H16N2O4/c1-4-20-14(18)11(8(2)17)13-9-6-5-7-10(19-3)12(9)15-16-13/h5-7,11H,4H2,1-3H3,(H,15,16). The average Bonchev–Trinajstić information content (AvgIpc) is 2.83. The van der Waals surface area contributed by atoms with Crippen LogP contribution in [-0.4, -0.2) is 35.7 Å². The first kappa shape index (κ1) is 14.0. The highest BCUT2D eigenvalue weighted by atomic mass is 16.5. The van der Waals surface area contributed by atoms with E-state index in [0.717, 1.165) is 0 Å². The van der Waals surface area contributed by atoms with Crippen LogP contribution in [0.5, 0.6) is 5.75 Å². The van der Waals surface area contributed by atoms with Gasteiger partial charge in [-0.1, -0.05) is 12.1 Å². The number of rotatable bonds is 5. The average molecular weight is 276 g/mol. The fourth-order valence-electron chi connectivity index (χ4n) is 2.13. The summed E-state index contributed by atoms with van der Waals surface area (Å²) in [5.41, 5.74) is 1.02. The predicted molar refractivity (Wildman–Crippen MR) is 72.7 cm³/mol. The van der Waals surface area contributed by atoms with E-state index >= 15 is 0 Å². The summed E-state index contributed by atoms with van der Waals surface area (Å²) in [5, 5.41) is 7.56. The Morgan fingerprint density at radius 2 is 2.15 bits per heavy atom. The van der Waals surface area contributed by atoms with Crippen LogP contribution in [0.2, 0.25) is 0 Å². The van der Waals surface area contributed by atoms with Crippen LogP contribution in [-0.2, 0) is 14.3 Å². The van der Waals surface area contributed by atoms with E-state index in [1.165, 1.54) is 14.0 Å². The smallest absolute Gasteiger partial charge is 0.322 e. The molecule has 0 aliphatic rings. The molecular weight excluding hydrogens is 260 g/mol. The lowest BCUT2D eigenvalue weighted by Crippen LogP contribution is -2.22.